The van der Waals surface area contributed by atoms with Crippen molar-refractivity contribution in [2.45, 2.75) is 26.3 Å². The van der Waals surface area contributed by atoms with Crippen LogP contribution in [0.1, 0.15) is 31.9 Å². The number of carbonyl (C=O) groups is 2. The van der Waals surface area contributed by atoms with Crippen molar-refractivity contribution in [2.24, 2.45) is 0 Å². The minimum Gasteiger partial charge on any atom is -0.478 e. The van der Waals surface area contributed by atoms with Crippen molar-refractivity contribution in [3.8, 4) is 0 Å². The van der Waals surface area contributed by atoms with E-state index in [0.29, 0.717) is 11.3 Å². The number of aliphatic carboxylic acids is 1. The van der Waals surface area contributed by atoms with Crippen molar-refractivity contribution in [2.75, 3.05) is 0 Å². The first-order valence-electron chi connectivity index (χ1n) is 6.80. The summed E-state index contributed by atoms with van der Waals surface area (Å²) >= 11 is 17.5. The zero-order valence-electron chi connectivity index (χ0n) is 12.4. The maximum Gasteiger partial charge on any atom is 0.335 e. The van der Waals surface area contributed by atoms with Gasteiger partial charge < -0.3 is 10.4 Å². The van der Waals surface area contributed by atoms with Gasteiger partial charge in [0.05, 0.1) is 21.7 Å². The molecule has 5 nitrogen and oxygen atoms in total. The molecule has 2 rings (SSSR count). The molecule has 1 aliphatic rings. The molecule has 0 spiro atoms. The molecule has 1 aliphatic heterocycles. The van der Waals surface area contributed by atoms with Gasteiger partial charge >= 0.3 is 5.97 Å². The Morgan fingerprint density at radius 3 is 2.61 bits per heavy atom. The number of halogens is 2. The van der Waals surface area contributed by atoms with Gasteiger partial charge in [0.25, 0.3) is 0 Å². The molecule has 2 N–H and O–H groups in total. The molecule has 8 heteroatoms. The van der Waals surface area contributed by atoms with Crippen LogP contribution in [0.2, 0.25) is 10.0 Å². The number of amides is 1. The monoisotopic (exact) mass is 372 g/mol. The number of hydrogen-bond acceptors (Lipinski definition) is 3. The van der Waals surface area contributed by atoms with Crippen LogP contribution in [0.5, 0.6) is 0 Å². The van der Waals surface area contributed by atoms with Gasteiger partial charge in [-0.2, -0.15) is 0 Å². The Kier molecular flexibility index (Phi) is 5.29. The van der Waals surface area contributed by atoms with Gasteiger partial charge in [0, 0.05) is 17.7 Å². The molecular weight excluding hydrogens is 359 g/mol. The van der Waals surface area contributed by atoms with Crippen molar-refractivity contribution in [3.63, 3.8) is 0 Å². The summed E-state index contributed by atoms with van der Waals surface area (Å²) in [4.78, 5) is 25.3. The molecule has 0 bridgehead atoms. The molecule has 23 heavy (non-hydrogen) atoms. The fourth-order valence-electron chi connectivity index (χ4n) is 2.47. The molecule has 0 fully saturated rings. The average molecular weight is 373 g/mol. The van der Waals surface area contributed by atoms with Crippen molar-refractivity contribution >= 4 is 52.4 Å². The number of carboxylic acid groups (broad SMARTS) is 1. The number of hydrogen-bond donors (Lipinski definition) is 2. The molecule has 1 amide bonds. The van der Waals surface area contributed by atoms with E-state index in [4.69, 9.17) is 35.4 Å². The van der Waals surface area contributed by atoms with E-state index in [0.717, 1.165) is 0 Å². The number of rotatable bonds is 3. The van der Waals surface area contributed by atoms with Gasteiger partial charge in [-0.25, -0.2) is 4.79 Å². The van der Waals surface area contributed by atoms with Crippen LogP contribution >= 0.6 is 35.4 Å². The Morgan fingerprint density at radius 1 is 1.39 bits per heavy atom. The van der Waals surface area contributed by atoms with Crippen molar-refractivity contribution in [3.05, 3.63) is 45.1 Å². The highest BCUT2D eigenvalue weighted by Gasteiger charge is 2.40. The van der Waals surface area contributed by atoms with Crippen LogP contribution in [0.3, 0.4) is 0 Å². The summed E-state index contributed by atoms with van der Waals surface area (Å²) < 4.78 is 0. The van der Waals surface area contributed by atoms with Gasteiger partial charge in [0.15, 0.2) is 5.11 Å². The lowest BCUT2D eigenvalue weighted by atomic mass is 9.93. The summed E-state index contributed by atoms with van der Waals surface area (Å²) in [5.41, 5.74) is 0.787. The SMILES string of the molecule is CCC(=O)N1C(=S)NC(C)=C(C(=O)O)C1c1cccc(Cl)c1Cl. The Balaban J connectivity index is 2.74. The average Bonchev–Trinajstić information content (AvgIpc) is 2.48. The molecule has 0 saturated heterocycles. The lowest BCUT2D eigenvalue weighted by molar-refractivity contribution is -0.134. The van der Waals surface area contributed by atoms with E-state index in [9.17, 15) is 14.7 Å². The van der Waals surface area contributed by atoms with E-state index < -0.39 is 12.0 Å². The van der Waals surface area contributed by atoms with Gasteiger partial charge in [0.2, 0.25) is 5.91 Å². The van der Waals surface area contributed by atoms with Crippen molar-refractivity contribution in [1.29, 1.82) is 0 Å². The van der Waals surface area contributed by atoms with Crippen molar-refractivity contribution < 1.29 is 14.7 Å². The molecule has 122 valence electrons. The van der Waals surface area contributed by atoms with Gasteiger partial charge in [-0.05, 0) is 25.2 Å². The molecule has 0 saturated carbocycles. The number of carbonyl (C=O) groups excluding carboxylic acids is 1. The quantitative estimate of drug-likeness (QED) is 0.794. The second kappa shape index (κ2) is 6.86. The zero-order chi connectivity index (χ0) is 17.3. The lowest BCUT2D eigenvalue weighted by Gasteiger charge is -2.38. The first-order valence-corrected chi connectivity index (χ1v) is 7.97. The van der Waals surface area contributed by atoms with Crippen LogP contribution in [0.25, 0.3) is 0 Å². The highest BCUT2D eigenvalue weighted by molar-refractivity contribution is 7.80. The van der Waals surface area contributed by atoms with E-state index >= 15 is 0 Å². The zero-order valence-corrected chi connectivity index (χ0v) is 14.7. The number of carboxylic acids is 1. The van der Waals surface area contributed by atoms with Gasteiger partial charge in [0.1, 0.15) is 0 Å². The molecule has 1 unspecified atom stereocenters. The van der Waals surface area contributed by atoms with Crippen molar-refractivity contribution in [1.82, 2.24) is 10.2 Å². The Hall–Kier alpha value is -1.63. The maximum atomic E-state index is 12.3. The Bertz CT molecular complexity index is 733. The standard InChI is InChI=1S/C15H14Cl2N2O3S/c1-3-10(20)19-13(8-5-4-6-9(16)12(8)17)11(14(21)22)7(2)18-15(19)23/h4-6,13H,3H2,1-2H3,(H,18,23)(H,21,22). The first-order chi connectivity index (χ1) is 10.8. The topological polar surface area (TPSA) is 69.6 Å². The number of nitrogens with zero attached hydrogens (tertiary/aromatic N) is 1. The molecule has 1 aromatic rings. The van der Waals surface area contributed by atoms with Gasteiger partial charge in [-0.15, -0.1) is 0 Å². The Labute approximate surface area is 148 Å². The largest absolute Gasteiger partial charge is 0.478 e. The van der Waals surface area contributed by atoms with Crippen LogP contribution in [0.4, 0.5) is 0 Å². The van der Waals surface area contributed by atoms with E-state index in [1.807, 2.05) is 0 Å². The van der Waals surface area contributed by atoms with E-state index in [1.165, 1.54) is 4.90 Å². The van der Waals surface area contributed by atoms with E-state index in [2.05, 4.69) is 5.32 Å². The second-order valence-electron chi connectivity index (χ2n) is 4.94. The minimum absolute atomic E-state index is 0.00423. The summed E-state index contributed by atoms with van der Waals surface area (Å²) in [5, 5.41) is 13.0. The predicted octanol–water partition coefficient (Wildman–Crippen LogP) is 3.52. The third kappa shape index (κ3) is 3.20. The lowest BCUT2D eigenvalue weighted by Crippen LogP contribution is -2.50. The second-order valence-corrected chi connectivity index (χ2v) is 6.11. The van der Waals surface area contributed by atoms with Gasteiger partial charge in [-0.3, -0.25) is 9.69 Å². The fourth-order valence-corrected chi connectivity index (χ4v) is 3.24. The normalized spacial score (nSPS) is 18.0. The number of nitrogens with one attached hydrogen (secondary N) is 1. The molecular formula is C15H14Cl2N2O3S. The summed E-state index contributed by atoms with van der Waals surface area (Å²) in [6.07, 6.45) is 0.169. The third-order valence-electron chi connectivity index (χ3n) is 3.53. The molecule has 0 radical (unpaired) electrons. The van der Waals surface area contributed by atoms with Crippen LogP contribution in [-0.2, 0) is 9.59 Å². The van der Waals surface area contributed by atoms with Crippen LogP contribution in [0, 0.1) is 0 Å². The van der Waals surface area contributed by atoms with Crippen LogP contribution < -0.4 is 5.32 Å². The molecule has 1 heterocycles. The van der Waals surface area contributed by atoms with E-state index in [1.54, 1.807) is 32.0 Å². The number of allylic oxidation sites excluding steroid dienone is 1. The summed E-state index contributed by atoms with van der Waals surface area (Å²) in [6, 6.07) is 3.95. The highest BCUT2D eigenvalue weighted by atomic mass is 35.5. The highest BCUT2D eigenvalue weighted by Crippen LogP contribution is 2.39. The molecule has 1 aromatic carbocycles. The molecule has 0 aromatic heterocycles. The maximum absolute atomic E-state index is 12.3. The molecule has 0 aliphatic carbocycles. The summed E-state index contributed by atoms with van der Waals surface area (Å²) in [5.74, 6) is -1.47. The first kappa shape index (κ1) is 17.7. The number of thiocarbonyl (C=S) groups is 1. The Morgan fingerprint density at radius 2 is 2.04 bits per heavy atom. The summed E-state index contributed by atoms with van der Waals surface area (Å²) in [7, 11) is 0. The fraction of sp³-hybridized carbons (Fsp3) is 0.267. The minimum atomic E-state index is -1.16. The van der Waals surface area contributed by atoms with Gasteiger partial charge in [-0.1, -0.05) is 42.3 Å². The molecule has 1 atom stereocenters. The van der Waals surface area contributed by atoms with E-state index in [-0.39, 0.29) is 33.1 Å². The predicted molar refractivity (Wildman–Crippen MR) is 92.4 cm³/mol. The van der Waals surface area contributed by atoms with Crippen LogP contribution in [0.15, 0.2) is 29.5 Å². The van der Waals surface area contributed by atoms with Crippen LogP contribution in [-0.4, -0.2) is 27.0 Å². The number of benzene rings is 1. The summed E-state index contributed by atoms with van der Waals surface area (Å²) in [6.45, 7) is 3.27. The smallest absolute Gasteiger partial charge is 0.335 e. The third-order valence-corrected chi connectivity index (χ3v) is 4.66.